The van der Waals surface area contributed by atoms with Crippen LogP contribution in [-0.4, -0.2) is 16.5 Å². The van der Waals surface area contributed by atoms with Gasteiger partial charge in [-0.15, -0.1) is 11.8 Å². The van der Waals surface area contributed by atoms with Crippen molar-refractivity contribution in [2.45, 2.75) is 48.4 Å². The van der Waals surface area contributed by atoms with E-state index in [2.05, 4.69) is 24.3 Å². The molecule has 2 heteroatoms. The molecule has 16 heavy (non-hydrogen) atoms. The summed E-state index contributed by atoms with van der Waals surface area (Å²) in [5, 5.41) is 10.6. The molecule has 0 bridgehead atoms. The van der Waals surface area contributed by atoms with Gasteiger partial charge in [0.2, 0.25) is 0 Å². The minimum Gasteiger partial charge on any atom is -0.393 e. The second kappa shape index (κ2) is 4.42. The lowest BCUT2D eigenvalue weighted by Crippen LogP contribution is -2.18. The summed E-state index contributed by atoms with van der Waals surface area (Å²) in [6.45, 7) is 0. The van der Waals surface area contributed by atoms with Crippen molar-refractivity contribution >= 4 is 11.8 Å². The van der Waals surface area contributed by atoms with E-state index in [-0.39, 0.29) is 6.10 Å². The van der Waals surface area contributed by atoms with Crippen LogP contribution in [0, 0.1) is 5.92 Å². The second-order valence-electron chi connectivity index (χ2n) is 5.05. The smallest absolute Gasteiger partial charge is 0.0568 e. The van der Waals surface area contributed by atoms with Gasteiger partial charge in [-0.25, -0.2) is 0 Å². The zero-order chi connectivity index (χ0) is 11.0. The Morgan fingerprint density at radius 1 is 1.25 bits per heavy atom. The summed E-state index contributed by atoms with van der Waals surface area (Å²) in [4.78, 5) is 1.46. The third kappa shape index (κ3) is 2.01. The van der Waals surface area contributed by atoms with E-state index >= 15 is 0 Å². The van der Waals surface area contributed by atoms with Crippen LogP contribution in [0.3, 0.4) is 0 Å². The molecule has 1 aliphatic carbocycles. The highest BCUT2D eigenvalue weighted by atomic mass is 32.2. The molecule has 0 radical (unpaired) electrons. The standard InChI is InChI=1S/C14H18OS/c15-13-6-3-5-10(13)8-12-9-11-4-1-2-7-14(11)16-12/h1-2,4,7,10,12-13,15H,3,5-6,8-9H2. The lowest BCUT2D eigenvalue weighted by Gasteiger charge is -2.17. The largest absolute Gasteiger partial charge is 0.393 e. The van der Waals surface area contributed by atoms with Crippen LogP contribution in [-0.2, 0) is 6.42 Å². The molecule has 2 aliphatic rings. The van der Waals surface area contributed by atoms with Crippen LogP contribution in [0.1, 0.15) is 31.2 Å². The molecule has 0 amide bonds. The highest BCUT2D eigenvalue weighted by Crippen LogP contribution is 2.42. The SMILES string of the molecule is OC1CCCC1CC1Cc2ccccc2S1. The first-order chi connectivity index (χ1) is 7.83. The maximum Gasteiger partial charge on any atom is 0.0568 e. The Labute approximate surface area is 101 Å². The topological polar surface area (TPSA) is 20.2 Å². The normalized spacial score (nSPS) is 32.9. The van der Waals surface area contributed by atoms with Crippen LogP contribution in [0.15, 0.2) is 29.2 Å². The van der Waals surface area contributed by atoms with Crippen molar-refractivity contribution in [2.75, 3.05) is 0 Å². The molecule has 0 saturated heterocycles. The van der Waals surface area contributed by atoms with Gasteiger partial charge < -0.3 is 5.11 Å². The number of aliphatic hydroxyl groups excluding tert-OH is 1. The van der Waals surface area contributed by atoms with Crippen LogP contribution in [0.2, 0.25) is 0 Å². The summed E-state index contributed by atoms with van der Waals surface area (Å²) in [5.41, 5.74) is 1.50. The van der Waals surface area contributed by atoms with Gasteiger partial charge in [0.05, 0.1) is 6.10 Å². The zero-order valence-electron chi connectivity index (χ0n) is 9.43. The Bertz CT molecular complexity index is 352. The number of thioether (sulfide) groups is 1. The molecule has 3 rings (SSSR count). The van der Waals surface area contributed by atoms with E-state index in [0.717, 1.165) is 6.42 Å². The minimum absolute atomic E-state index is 0.0238. The average molecular weight is 234 g/mol. The summed E-state index contributed by atoms with van der Waals surface area (Å²) >= 11 is 2.01. The first-order valence-electron chi connectivity index (χ1n) is 6.25. The van der Waals surface area contributed by atoms with Crippen molar-refractivity contribution in [3.8, 4) is 0 Å². The predicted octanol–water partition coefficient (Wildman–Crippen LogP) is 3.25. The molecular weight excluding hydrogens is 216 g/mol. The zero-order valence-corrected chi connectivity index (χ0v) is 10.2. The monoisotopic (exact) mass is 234 g/mol. The highest BCUT2D eigenvalue weighted by molar-refractivity contribution is 8.00. The van der Waals surface area contributed by atoms with Crippen molar-refractivity contribution in [1.82, 2.24) is 0 Å². The number of rotatable bonds is 2. The molecule has 1 saturated carbocycles. The highest BCUT2D eigenvalue weighted by Gasteiger charge is 2.30. The van der Waals surface area contributed by atoms with Gasteiger partial charge in [-0.05, 0) is 43.2 Å². The fourth-order valence-corrected chi connectivity index (χ4v) is 4.44. The molecule has 1 nitrogen and oxygen atoms in total. The minimum atomic E-state index is -0.0238. The predicted molar refractivity (Wildman–Crippen MR) is 67.8 cm³/mol. The molecule has 1 aliphatic heterocycles. The molecule has 3 atom stereocenters. The molecule has 0 spiro atoms. The first kappa shape index (κ1) is 10.7. The number of hydrogen-bond donors (Lipinski definition) is 1. The molecule has 3 unspecified atom stereocenters. The van der Waals surface area contributed by atoms with Crippen LogP contribution in [0.4, 0.5) is 0 Å². The van der Waals surface area contributed by atoms with Gasteiger partial charge in [0.1, 0.15) is 0 Å². The summed E-state index contributed by atoms with van der Waals surface area (Å²) in [6, 6.07) is 8.73. The molecule has 1 fully saturated rings. The quantitative estimate of drug-likeness (QED) is 0.847. The van der Waals surface area contributed by atoms with Crippen molar-refractivity contribution < 1.29 is 5.11 Å². The summed E-state index contributed by atoms with van der Waals surface area (Å²) in [6.07, 6.45) is 5.84. The van der Waals surface area contributed by atoms with Crippen LogP contribution < -0.4 is 0 Å². The lowest BCUT2D eigenvalue weighted by molar-refractivity contribution is 0.128. The third-order valence-electron chi connectivity index (χ3n) is 3.90. The average Bonchev–Trinajstić information content (AvgIpc) is 2.85. The summed E-state index contributed by atoms with van der Waals surface area (Å²) in [5.74, 6) is 0.562. The van der Waals surface area contributed by atoms with E-state index in [1.54, 1.807) is 0 Å². The van der Waals surface area contributed by atoms with E-state index in [1.807, 2.05) is 11.8 Å². The van der Waals surface area contributed by atoms with Gasteiger partial charge in [-0.3, -0.25) is 0 Å². The van der Waals surface area contributed by atoms with E-state index < -0.39 is 0 Å². The number of benzene rings is 1. The molecule has 1 N–H and O–H groups in total. The Kier molecular flexibility index (Phi) is 2.95. The Hall–Kier alpha value is -0.470. The molecule has 0 aromatic heterocycles. The second-order valence-corrected chi connectivity index (χ2v) is 6.39. The van der Waals surface area contributed by atoms with Crippen molar-refractivity contribution in [3.63, 3.8) is 0 Å². The van der Waals surface area contributed by atoms with E-state index in [0.29, 0.717) is 11.2 Å². The molecule has 1 aromatic rings. The van der Waals surface area contributed by atoms with Gasteiger partial charge >= 0.3 is 0 Å². The molecule has 86 valence electrons. The van der Waals surface area contributed by atoms with Gasteiger partial charge in [-0.1, -0.05) is 24.6 Å². The molecular formula is C14H18OS. The van der Waals surface area contributed by atoms with Gasteiger partial charge in [0.25, 0.3) is 0 Å². The Morgan fingerprint density at radius 3 is 2.88 bits per heavy atom. The number of aliphatic hydroxyl groups is 1. The van der Waals surface area contributed by atoms with Gasteiger partial charge in [0, 0.05) is 10.1 Å². The summed E-state index contributed by atoms with van der Waals surface area (Å²) in [7, 11) is 0. The van der Waals surface area contributed by atoms with E-state index in [4.69, 9.17) is 0 Å². The van der Waals surface area contributed by atoms with Gasteiger partial charge in [-0.2, -0.15) is 0 Å². The van der Waals surface area contributed by atoms with Crippen molar-refractivity contribution in [1.29, 1.82) is 0 Å². The van der Waals surface area contributed by atoms with E-state index in [1.165, 1.54) is 36.1 Å². The molecule has 1 heterocycles. The number of fused-ring (bicyclic) bond motifs is 1. The third-order valence-corrected chi connectivity index (χ3v) is 5.24. The van der Waals surface area contributed by atoms with Crippen LogP contribution in [0.5, 0.6) is 0 Å². The fourth-order valence-electron chi connectivity index (χ4n) is 3.02. The van der Waals surface area contributed by atoms with E-state index in [9.17, 15) is 5.11 Å². The Balaban J connectivity index is 1.63. The lowest BCUT2D eigenvalue weighted by atomic mass is 9.96. The van der Waals surface area contributed by atoms with Gasteiger partial charge in [0.15, 0.2) is 0 Å². The maximum atomic E-state index is 9.86. The first-order valence-corrected chi connectivity index (χ1v) is 7.13. The van der Waals surface area contributed by atoms with Crippen LogP contribution in [0.25, 0.3) is 0 Å². The van der Waals surface area contributed by atoms with Crippen molar-refractivity contribution in [3.05, 3.63) is 29.8 Å². The summed E-state index contributed by atoms with van der Waals surface area (Å²) < 4.78 is 0. The molecule has 1 aromatic carbocycles. The fraction of sp³-hybridized carbons (Fsp3) is 0.571. The van der Waals surface area contributed by atoms with Crippen LogP contribution >= 0.6 is 11.8 Å². The maximum absolute atomic E-state index is 9.86. The number of hydrogen-bond acceptors (Lipinski definition) is 2. The van der Waals surface area contributed by atoms with Crippen molar-refractivity contribution in [2.24, 2.45) is 5.92 Å². The Morgan fingerprint density at radius 2 is 2.12 bits per heavy atom.